The number of halogens is 3. The number of piperazine rings is 1. The van der Waals surface area contributed by atoms with Crippen LogP contribution in [0.25, 0.3) is 0 Å². The van der Waals surface area contributed by atoms with Crippen molar-refractivity contribution in [2.24, 2.45) is 0 Å². The van der Waals surface area contributed by atoms with Gasteiger partial charge in [0.25, 0.3) is 0 Å². The number of benzene rings is 1. The van der Waals surface area contributed by atoms with Crippen LogP contribution in [0.4, 0.5) is 0 Å². The van der Waals surface area contributed by atoms with E-state index in [1.807, 2.05) is 18.2 Å². The van der Waals surface area contributed by atoms with E-state index in [1.54, 1.807) is 7.11 Å². The molecule has 0 bridgehead atoms. The molecule has 0 aliphatic carbocycles. The van der Waals surface area contributed by atoms with Crippen molar-refractivity contribution >= 4 is 36.4 Å². The molecular weight excluding hydrogens is 343 g/mol. The van der Waals surface area contributed by atoms with Gasteiger partial charge in [0.15, 0.2) is 0 Å². The SMILES string of the molecule is C=C(C)C[C@@H](c1cc(Cl)ccc1OC)N1CCNCC1.Cl.Cl. The Morgan fingerprint density at radius 3 is 2.55 bits per heavy atom. The summed E-state index contributed by atoms with van der Waals surface area (Å²) in [6.45, 7) is 10.3. The van der Waals surface area contributed by atoms with Crippen molar-refractivity contribution in [3.63, 3.8) is 0 Å². The standard InChI is InChI=1S/C16H23ClN2O.2ClH/c1-12(2)10-15(19-8-6-18-7-9-19)14-11-13(17)4-5-16(14)20-3;;/h4-5,11,15,18H,1,6-10H2,2-3H3;2*1H/t15-;;/m0../s1. The van der Waals surface area contributed by atoms with E-state index in [4.69, 9.17) is 16.3 Å². The fourth-order valence-corrected chi connectivity index (χ4v) is 2.91. The molecule has 0 aromatic heterocycles. The first-order chi connectivity index (χ1) is 9.61. The second-order valence-corrected chi connectivity index (χ2v) is 5.79. The lowest BCUT2D eigenvalue weighted by atomic mass is 9.97. The third kappa shape index (κ3) is 5.64. The first-order valence-electron chi connectivity index (χ1n) is 7.04. The van der Waals surface area contributed by atoms with Gasteiger partial charge < -0.3 is 10.1 Å². The molecule has 3 nitrogen and oxygen atoms in total. The summed E-state index contributed by atoms with van der Waals surface area (Å²) in [6, 6.07) is 6.13. The van der Waals surface area contributed by atoms with E-state index in [0.717, 1.165) is 48.9 Å². The van der Waals surface area contributed by atoms with Crippen LogP contribution in [0.15, 0.2) is 30.4 Å². The zero-order valence-corrected chi connectivity index (χ0v) is 15.5. The van der Waals surface area contributed by atoms with Crippen molar-refractivity contribution in [2.75, 3.05) is 33.3 Å². The van der Waals surface area contributed by atoms with Crippen molar-refractivity contribution < 1.29 is 4.74 Å². The monoisotopic (exact) mass is 366 g/mol. The molecule has 0 saturated carbocycles. The van der Waals surface area contributed by atoms with Crippen molar-refractivity contribution in [3.05, 3.63) is 40.9 Å². The van der Waals surface area contributed by atoms with Crippen molar-refractivity contribution in [2.45, 2.75) is 19.4 Å². The minimum Gasteiger partial charge on any atom is -0.496 e. The zero-order valence-electron chi connectivity index (χ0n) is 13.1. The predicted octanol–water partition coefficient (Wildman–Crippen LogP) is 4.10. The van der Waals surface area contributed by atoms with E-state index in [1.165, 1.54) is 5.57 Å². The topological polar surface area (TPSA) is 24.5 Å². The first kappa shape index (κ1) is 21.6. The zero-order chi connectivity index (χ0) is 14.5. The van der Waals surface area contributed by atoms with Crippen LogP contribution in [-0.4, -0.2) is 38.2 Å². The molecule has 1 aromatic carbocycles. The molecule has 0 amide bonds. The first-order valence-corrected chi connectivity index (χ1v) is 7.42. The van der Waals surface area contributed by atoms with E-state index >= 15 is 0 Å². The average molecular weight is 368 g/mol. The highest BCUT2D eigenvalue weighted by atomic mass is 35.5. The van der Waals surface area contributed by atoms with Gasteiger partial charge in [-0.25, -0.2) is 0 Å². The highest BCUT2D eigenvalue weighted by Gasteiger charge is 2.25. The van der Waals surface area contributed by atoms with Crippen LogP contribution in [0.2, 0.25) is 5.02 Å². The summed E-state index contributed by atoms with van der Waals surface area (Å²) in [5.41, 5.74) is 2.33. The Morgan fingerprint density at radius 1 is 1.36 bits per heavy atom. The van der Waals surface area contributed by atoms with Gasteiger partial charge in [0.05, 0.1) is 7.11 Å². The highest BCUT2D eigenvalue weighted by molar-refractivity contribution is 6.30. The maximum Gasteiger partial charge on any atom is 0.123 e. The van der Waals surface area contributed by atoms with Crippen LogP contribution >= 0.6 is 36.4 Å². The number of hydrogen-bond donors (Lipinski definition) is 1. The molecule has 0 radical (unpaired) electrons. The van der Waals surface area contributed by atoms with Crippen molar-refractivity contribution in [1.29, 1.82) is 0 Å². The van der Waals surface area contributed by atoms with Gasteiger partial charge in [0.1, 0.15) is 5.75 Å². The molecule has 0 unspecified atom stereocenters. The Bertz CT molecular complexity index is 476. The summed E-state index contributed by atoms with van der Waals surface area (Å²) >= 11 is 6.18. The van der Waals surface area contributed by atoms with Gasteiger partial charge >= 0.3 is 0 Å². The maximum atomic E-state index is 6.18. The number of hydrogen-bond acceptors (Lipinski definition) is 3. The van der Waals surface area contributed by atoms with Gasteiger partial charge in [-0.3, -0.25) is 4.90 Å². The van der Waals surface area contributed by atoms with E-state index in [0.29, 0.717) is 0 Å². The number of rotatable bonds is 5. The maximum absolute atomic E-state index is 6.18. The number of ether oxygens (including phenoxy) is 1. The molecule has 1 saturated heterocycles. The molecule has 22 heavy (non-hydrogen) atoms. The van der Waals surface area contributed by atoms with Crippen LogP contribution < -0.4 is 10.1 Å². The van der Waals surface area contributed by atoms with Crippen molar-refractivity contribution in [3.8, 4) is 5.75 Å². The Balaban J connectivity index is 0.00000220. The second kappa shape index (κ2) is 10.3. The van der Waals surface area contributed by atoms with Crippen LogP contribution in [0.5, 0.6) is 5.75 Å². The number of nitrogens with zero attached hydrogens (tertiary/aromatic N) is 1. The van der Waals surface area contributed by atoms with E-state index in [2.05, 4.69) is 23.7 Å². The summed E-state index contributed by atoms with van der Waals surface area (Å²) in [4.78, 5) is 2.49. The molecule has 126 valence electrons. The highest BCUT2D eigenvalue weighted by Crippen LogP contribution is 2.35. The smallest absolute Gasteiger partial charge is 0.123 e. The molecule has 1 N–H and O–H groups in total. The van der Waals surface area contributed by atoms with Gasteiger partial charge in [-0.1, -0.05) is 17.2 Å². The minimum atomic E-state index is 0. The quantitative estimate of drug-likeness (QED) is 0.793. The second-order valence-electron chi connectivity index (χ2n) is 5.35. The van der Waals surface area contributed by atoms with Crippen LogP contribution in [0, 0.1) is 0 Å². The molecule has 1 aliphatic heterocycles. The Kier molecular flexibility index (Phi) is 10.1. The van der Waals surface area contributed by atoms with Gasteiger partial charge in [-0.05, 0) is 31.5 Å². The molecular formula is C16H25Cl3N2O. The summed E-state index contributed by atoms with van der Waals surface area (Å²) in [6.07, 6.45) is 0.927. The molecule has 1 fully saturated rings. The van der Waals surface area contributed by atoms with Crippen LogP contribution in [0.1, 0.15) is 24.9 Å². The fourth-order valence-electron chi connectivity index (χ4n) is 2.73. The fraction of sp³-hybridized carbons (Fsp3) is 0.500. The Hall–Kier alpha value is -0.450. The van der Waals surface area contributed by atoms with Gasteiger partial charge in [0, 0.05) is 42.8 Å². The van der Waals surface area contributed by atoms with Crippen LogP contribution in [-0.2, 0) is 0 Å². The molecule has 1 aromatic rings. The summed E-state index contributed by atoms with van der Waals surface area (Å²) < 4.78 is 5.52. The lowest BCUT2D eigenvalue weighted by molar-refractivity contribution is 0.169. The normalized spacial score (nSPS) is 16.1. The summed E-state index contributed by atoms with van der Waals surface area (Å²) in [5, 5.41) is 4.15. The third-order valence-corrected chi connectivity index (χ3v) is 3.92. The van der Waals surface area contributed by atoms with Crippen molar-refractivity contribution in [1.82, 2.24) is 10.2 Å². The molecule has 1 atom stereocenters. The van der Waals surface area contributed by atoms with Gasteiger partial charge in [0.2, 0.25) is 0 Å². The third-order valence-electron chi connectivity index (χ3n) is 3.68. The Labute approximate surface area is 150 Å². The summed E-state index contributed by atoms with van der Waals surface area (Å²) in [5.74, 6) is 0.902. The number of nitrogens with one attached hydrogen (secondary N) is 1. The molecule has 0 spiro atoms. The largest absolute Gasteiger partial charge is 0.496 e. The minimum absolute atomic E-state index is 0. The van der Waals surface area contributed by atoms with Gasteiger partial charge in [-0.2, -0.15) is 0 Å². The Morgan fingerprint density at radius 2 is 2.00 bits per heavy atom. The van der Waals surface area contributed by atoms with Crippen LogP contribution in [0.3, 0.4) is 0 Å². The lowest BCUT2D eigenvalue weighted by Crippen LogP contribution is -2.45. The molecule has 1 aliphatic rings. The molecule has 1 heterocycles. The van der Waals surface area contributed by atoms with E-state index < -0.39 is 0 Å². The molecule has 6 heteroatoms. The molecule has 2 rings (SSSR count). The van der Waals surface area contributed by atoms with Gasteiger partial charge in [-0.15, -0.1) is 31.4 Å². The summed E-state index contributed by atoms with van der Waals surface area (Å²) in [7, 11) is 1.71. The number of methoxy groups -OCH3 is 1. The van der Waals surface area contributed by atoms with E-state index in [9.17, 15) is 0 Å². The predicted molar refractivity (Wildman–Crippen MR) is 99.1 cm³/mol. The lowest BCUT2D eigenvalue weighted by Gasteiger charge is -2.36. The average Bonchev–Trinajstić information content (AvgIpc) is 2.45. The van der Waals surface area contributed by atoms with E-state index in [-0.39, 0.29) is 30.9 Å².